The number of benzene rings is 3. The van der Waals surface area contributed by atoms with Gasteiger partial charge in [0, 0.05) is 18.0 Å². The summed E-state index contributed by atoms with van der Waals surface area (Å²) in [7, 11) is 1.54. The normalized spacial score (nSPS) is 10.4. The van der Waals surface area contributed by atoms with E-state index >= 15 is 0 Å². The van der Waals surface area contributed by atoms with E-state index < -0.39 is 17.4 Å². The summed E-state index contributed by atoms with van der Waals surface area (Å²) in [4.78, 5) is 38.8. The van der Waals surface area contributed by atoms with Crippen molar-refractivity contribution < 1.29 is 14.3 Å². The lowest BCUT2D eigenvalue weighted by molar-refractivity contribution is 0.102. The van der Waals surface area contributed by atoms with Crippen LogP contribution in [0.3, 0.4) is 0 Å². The van der Waals surface area contributed by atoms with Crippen molar-refractivity contribution in [1.29, 1.82) is 0 Å². The third kappa shape index (κ3) is 5.21. The highest BCUT2D eigenvalue weighted by molar-refractivity contribution is 6.12. The maximum atomic E-state index is 13.0. The zero-order valence-corrected chi connectivity index (χ0v) is 18.5. The molecule has 0 saturated carbocycles. The van der Waals surface area contributed by atoms with Crippen molar-refractivity contribution in [3.8, 4) is 5.75 Å². The molecule has 0 aliphatic heterocycles. The van der Waals surface area contributed by atoms with Crippen molar-refractivity contribution >= 4 is 23.2 Å². The third-order valence-electron chi connectivity index (χ3n) is 5.21. The van der Waals surface area contributed by atoms with Gasteiger partial charge in [0.1, 0.15) is 11.3 Å². The van der Waals surface area contributed by atoms with Crippen molar-refractivity contribution in [2.75, 3.05) is 17.7 Å². The van der Waals surface area contributed by atoms with Gasteiger partial charge in [0.15, 0.2) is 0 Å². The maximum absolute atomic E-state index is 13.0. The Labute approximate surface area is 196 Å². The third-order valence-corrected chi connectivity index (χ3v) is 5.21. The minimum atomic E-state index is -0.589. The summed E-state index contributed by atoms with van der Waals surface area (Å²) in [6.45, 7) is 0.348. The van der Waals surface area contributed by atoms with Gasteiger partial charge in [-0.25, -0.2) is 0 Å². The molecular formula is C27H23N3O4. The smallest absolute Gasteiger partial charge is 0.263 e. The Balaban J connectivity index is 1.55. The second-order valence-electron chi connectivity index (χ2n) is 7.53. The summed E-state index contributed by atoms with van der Waals surface area (Å²) in [5.41, 5.74) is 1.63. The first-order chi connectivity index (χ1) is 16.5. The predicted octanol–water partition coefficient (Wildman–Crippen LogP) is 4.41. The van der Waals surface area contributed by atoms with Crippen LogP contribution in [0.4, 0.5) is 11.4 Å². The molecule has 2 N–H and O–H groups in total. The fourth-order valence-corrected chi connectivity index (χ4v) is 3.49. The van der Waals surface area contributed by atoms with Crippen molar-refractivity contribution in [3.05, 3.63) is 124 Å². The van der Waals surface area contributed by atoms with Crippen LogP contribution in [0.15, 0.2) is 102 Å². The molecule has 1 aromatic heterocycles. The van der Waals surface area contributed by atoms with Crippen LogP contribution < -0.4 is 20.9 Å². The number of carbonyl (C=O) groups is 2. The van der Waals surface area contributed by atoms with Crippen LogP contribution in [0.1, 0.15) is 26.3 Å². The molecular weight excluding hydrogens is 430 g/mol. The summed E-state index contributed by atoms with van der Waals surface area (Å²) in [5.74, 6) is -0.386. The molecule has 170 valence electrons. The molecule has 0 aliphatic carbocycles. The summed E-state index contributed by atoms with van der Waals surface area (Å²) in [6.07, 6.45) is 1.64. The molecule has 34 heavy (non-hydrogen) atoms. The van der Waals surface area contributed by atoms with Crippen LogP contribution in [0.2, 0.25) is 0 Å². The lowest BCUT2D eigenvalue weighted by Crippen LogP contribution is -2.29. The van der Waals surface area contributed by atoms with Crippen LogP contribution in [0.5, 0.6) is 5.75 Å². The maximum Gasteiger partial charge on any atom is 0.263 e. The van der Waals surface area contributed by atoms with E-state index in [2.05, 4.69) is 10.6 Å². The molecule has 0 fully saturated rings. The van der Waals surface area contributed by atoms with Crippen LogP contribution in [-0.4, -0.2) is 23.5 Å². The van der Waals surface area contributed by atoms with Crippen molar-refractivity contribution in [3.63, 3.8) is 0 Å². The number of amides is 2. The number of methoxy groups -OCH3 is 1. The molecule has 2 amide bonds. The van der Waals surface area contributed by atoms with Gasteiger partial charge in [-0.1, -0.05) is 48.5 Å². The van der Waals surface area contributed by atoms with Crippen LogP contribution in [-0.2, 0) is 6.54 Å². The van der Waals surface area contributed by atoms with E-state index in [1.165, 1.54) is 10.6 Å². The van der Waals surface area contributed by atoms with Gasteiger partial charge in [-0.05, 0) is 42.0 Å². The minimum absolute atomic E-state index is 0.0126. The molecule has 7 heteroatoms. The van der Waals surface area contributed by atoms with Crippen LogP contribution >= 0.6 is 0 Å². The average Bonchev–Trinajstić information content (AvgIpc) is 2.86. The Morgan fingerprint density at radius 1 is 0.794 bits per heavy atom. The number of nitrogens with zero attached hydrogens (tertiary/aromatic N) is 1. The monoisotopic (exact) mass is 453 g/mol. The van der Waals surface area contributed by atoms with E-state index in [0.717, 1.165) is 5.56 Å². The summed E-state index contributed by atoms with van der Waals surface area (Å²) in [6, 6.07) is 26.2. The van der Waals surface area contributed by atoms with Gasteiger partial charge in [-0.15, -0.1) is 0 Å². The molecule has 0 unspecified atom stereocenters. The van der Waals surface area contributed by atoms with E-state index in [4.69, 9.17) is 4.74 Å². The lowest BCUT2D eigenvalue weighted by atomic mass is 10.1. The molecule has 1 heterocycles. The van der Waals surface area contributed by atoms with Gasteiger partial charge < -0.3 is 19.9 Å². The van der Waals surface area contributed by atoms with Gasteiger partial charge in [0.25, 0.3) is 17.4 Å². The number of nitrogens with one attached hydrogen (secondary N) is 2. The number of hydrogen-bond acceptors (Lipinski definition) is 4. The lowest BCUT2D eigenvalue weighted by Gasteiger charge is -2.13. The summed E-state index contributed by atoms with van der Waals surface area (Å²) < 4.78 is 6.66. The topological polar surface area (TPSA) is 89.4 Å². The van der Waals surface area contributed by atoms with Gasteiger partial charge >= 0.3 is 0 Å². The van der Waals surface area contributed by atoms with Gasteiger partial charge in [0.2, 0.25) is 0 Å². The number of anilines is 2. The molecule has 0 saturated heterocycles. The van der Waals surface area contributed by atoms with E-state index in [9.17, 15) is 14.4 Å². The second-order valence-corrected chi connectivity index (χ2v) is 7.53. The van der Waals surface area contributed by atoms with Crippen LogP contribution in [0, 0.1) is 0 Å². The van der Waals surface area contributed by atoms with Crippen LogP contribution in [0.25, 0.3) is 0 Å². The molecule has 7 nitrogen and oxygen atoms in total. The van der Waals surface area contributed by atoms with Gasteiger partial charge in [-0.3, -0.25) is 14.4 Å². The number of para-hydroxylation sites is 1. The van der Waals surface area contributed by atoms with E-state index in [1.54, 1.807) is 67.9 Å². The fraction of sp³-hybridized carbons (Fsp3) is 0.0741. The van der Waals surface area contributed by atoms with Crippen molar-refractivity contribution in [1.82, 2.24) is 4.57 Å². The molecule has 0 bridgehead atoms. The average molecular weight is 453 g/mol. The Bertz CT molecular complexity index is 1380. The zero-order chi connectivity index (χ0) is 23.9. The number of hydrogen-bond donors (Lipinski definition) is 2. The van der Waals surface area contributed by atoms with E-state index in [0.29, 0.717) is 23.7 Å². The molecule has 4 rings (SSSR count). The highest BCUT2D eigenvalue weighted by Crippen LogP contribution is 2.21. The molecule has 3 aromatic carbocycles. The summed E-state index contributed by atoms with van der Waals surface area (Å²) in [5, 5.41) is 5.51. The number of ether oxygens (including phenoxy) is 1. The highest BCUT2D eigenvalue weighted by atomic mass is 16.5. The van der Waals surface area contributed by atoms with Gasteiger partial charge in [-0.2, -0.15) is 0 Å². The number of rotatable bonds is 7. The molecule has 4 aromatic rings. The summed E-state index contributed by atoms with van der Waals surface area (Å²) >= 11 is 0. The Morgan fingerprint density at radius 3 is 2.29 bits per heavy atom. The largest absolute Gasteiger partial charge is 0.497 e. The number of aromatic nitrogens is 1. The van der Waals surface area contributed by atoms with Crippen molar-refractivity contribution in [2.45, 2.75) is 6.54 Å². The SMILES string of the molecule is COc1cccc(NC(=O)c2ccccc2NC(=O)c2cccn(Cc3ccccc3)c2=O)c1. The van der Waals surface area contributed by atoms with Gasteiger partial charge in [0.05, 0.1) is 24.9 Å². The fourth-order valence-electron chi connectivity index (χ4n) is 3.49. The highest BCUT2D eigenvalue weighted by Gasteiger charge is 2.17. The first-order valence-electron chi connectivity index (χ1n) is 10.6. The minimum Gasteiger partial charge on any atom is -0.497 e. The van der Waals surface area contributed by atoms with E-state index in [-0.39, 0.29) is 11.1 Å². The molecule has 0 aliphatic rings. The zero-order valence-electron chi connectivity index (χ0n) is 18.5. The second kappa shape index (κ2) is 10.3. The Kier molecular flexibility index (Phi) is 6.84. The Hall–Kier alpha value is -4.65. The van der Waals surface area contributed by atoms with Crippen molar-refractivity contribution in [2.24, 2.45) is 0 Å². The predicted molar refractivity (Wildman–Crippen MR) is 132 cm³/mol. The standard InChI is InChI=1S/C27H23N3O4/c1-34-21-12-7-11-20(17-21)28-25(31)22-13-5-6-15-24(22)29-26(32)23-14-8-16-30(27(23)33)18-19-9-3-2-4-10-19/h2-17H,18H2,1H3,(H,28,31)(H,29,32). The quantitative estimate of drug-likeness (QED) is 0.434. The van der Waals surface area contributed by atoms with E-state index in [1.807, 2.05) is 30.3 Å². The first-order valence-corrected chi connectivity index (χ1v) is 10.6. The molecule has 0 radical (unpaired) electrons. The molecule has 0 spiro atoms. The number of pyridine rings is 1. The Morgan fingerprint density at radius 2 is 1.50 bits per heavy atom. The number of carbonyl (C=O) groups excluding carboxylic acids is 2. The molecule has 0 atom stereocenters. The first kappa shape index (κ1) is 22.5.